The fourth-order valence-electron chi connectivity index (χ4n) is 20.5. The van der Waals surface area contributed by atoms with Crippen LogP contribution in [0.4, 0.5) is 0 Å². The zero-order valence-electron chi connectivity index (χ0n) is 71.5. The molecule has 0 aliphatic carbocycles. The summed E-state index contributed by atoms with van der Waals surface area (Å²) in [6.45, 7) is 38.6. The first-order chi connectivity index (χ1) is 55.0. The average molecular weight is 1630 g/mol. The lowest BCUT2D eigenvalue weighted by Crippen LogP contribution is -2.75. The van der Waals surface area contributed by atoms with E-state index in [0.717, 1.165) is 46.6 Å². The summed E-state index contributed by atoms with van der Waals surface area (Å²) in [5.74, 6) is -0.0461. The van der Waals surface area contributed by atoms with E-state index in [2.05, 4.69) is 250 Å². The number of hydrogen-bond acceptors (Lipinski definition) is 16. The second kappa shape index (κ2) is 34.5. The van der Waals surface area contributed by atoms with Crippen LogP contribution in [0, 0.1) is 5.92 Å². The van der Waals surface area contributed by atoms with E-state index in [1.807, 2.05) is 30.3 Å². The summed E-state index contributed by atoms with van der Waals surface area (Å²) in [5.41, 5.74) is -0.102. The van der Waals surface area contributed by atoms with Crippen LogP contribution in [0.2, 0.25) is 41.3 Å². The number of fused-ring (bicyclic) bond motifs is 8. The van der Waals surface area contributed by atoms with E-state index >= 15 is 4.79 Å². The smallest absolute Gasteiger partial charge is 0.261 e. The van der Waals surface area contributed by atoms with Crippen LogP contribution in [0.25, 0.3) is 10.8 Å². The van der Waals surface area contributed by atoms with Crippen molar-refractivity contribution in [2.45, 2.75) is 355 Å². The summed E-state index contributed by atoms with van der Waals surface area (Å²) in [6.07, 6.45) is 2.12. The van der Waals surface area contributed by atoms with Gasteiger partial charge in [0.2, 0.25) is 0 Å². The molecule has 9 heterocycles. The molecule has 6 aromatic rings. The van der Waals surface area contributed by atoms with Crippen LogP contribution in [0.5, 0.6) is 0 Å². The van der Waals surface area contributed by atoms with E-state index in [1.165, 1.54) is 15.8 Å². The lowest BCUT2D eigenvalue weighted by Gasteiger charge is -2.61. The Bertz CT molecular complexity index is 4190. The molecule has 9 aliphatic heterocycles. The summed E-state index contributed by atoms with van der Waals surface area (Å²) in [6, 6.07) is 60.3. The topological polar surface area (TPSA) is 156 Å². The Kier molecular flexibility index (Phi) is 25.5. The fraction of sp³-hybridized carbons (Fsp3) is 0.615. The van der Waals surface area contributed by atoms with Gasteiger partial charge in [-0.05, 0) is 144 Å². The molecule has 9 aliphatic rings. The molecule has 624 valence electrons. The molecule has 115 heavy (non-hydrogen) atoms. The Morgan fingerprint density at radius 3 is 1.76 bits per heavy atom. The summed E-state index contributed by atoms with van der Waals surface area (Å²) in [7, 11) is -7.61. The number of hydrogen-bond donors (Lipinski definition) is 0. The number of carbonyl (C=O) groups excluding carboxylic acids is 1. The quantitative estimate of drug-likeness (QED) is 0.0499. The van der Waals surface area contributed by atoms with Crippen molar-refractivity contribution < 1.29 is 74.9 Å². The number of ketones is 1. The van der Waals surface area contributed by atoms with Gasteiger partial charge in [0, 0.05) is 58.0 Å². The monoisotopic (exact) mass is 1620 g/mol. The van der Waals surface area contributed by atoms with Crippen molar-refractivity contribution in [3.8, 4) is 0 Å². The predicted molar refractivity (Wildman–Crippen MR) is 457 cm³/mol. The van der Waals surface area contributed by atoms with Gasteiger partial charge in [-0.2, -0.15) is 0 Å². The highest BCUT2D eigenvalue weighted by atomic mass is 28.4. The lowest BCUT2D eigenvalue weighted by atomic mass is 9.73. The highest BCUT2D eigenvalue weighted by molar-refractivity contribution is 6.99. The van der Waals surface area contributed by atoms with E-state index in [4.69, 9.17) is 70.1 Å². The fourth-order valence-corrected chi connectivity index (χ4v) is 29.4. The zero-order chi connectivity index (χ0) is 80.9. The van der Waals surface area contributed by atoms with Crippen LogP contribution < -0.4 is 10.4 Å². The Labute approximate surface area is 689 Å². The number of carbonyl (C=O) groups is 1. The molecule has 0 saturated carbocycles. The maximum absolute atomic E-state index is 15.2. The molecule has 16 nitrogen and oxygen atoms in total. The largest absolute Gasteiger partial charge is 0.411 e. The molecule has 19 heteroatoms. The SMILES string of the molecule is CC[Si](CC)(CC)O[C@@H]1[C@@H]2O[C@H]3[C@H](C[C@H]2O[C@H]2C[C@@H](OCc4ccccc4)[C@H](COCc4ccccc4)O[C@@]21C)O[C@@H]1C[C@@H]2O[C@@H](C[C@@H]4O[C@@H]5C[C@@H]6O[C@](C)(CCO[Si](c7ccccc7)(c7ccccc7)C(C)(C)C)[C@@H](O[Si](C)(C)C(C)(C)C)C[C@H]6O[C@H]5C[C@H]4OCc4ccc5ccccc5c4)C(=O)C=C[C@@]2(C)O[C@@]1(C)CC[C@@H]3C. The Hall–Kier alpha value is -4.96. The van der Waals surface area contributed by atoms with Gasteiger partial charge in [0.1, 0.15) is 35.6 Å². The van der Waals surface area contributed by atoms with Crippen molar-refractivity contribution in [1.82, 2.24) is 0 Å². The number of benzene rings is 6. The molecular formula is C96H132O16Si3. The molecule has 0 bridgehead atoms. The van der Waals surface area contributed by atoms with Crippen molar-refractivity contribution in [2.24, 2.45) is 5.92 Å². The molecule has 23 atom stereocenters. The molecule has 8 saturated heterocycles. The van der Waals surface area contributed by atoms with E-state index in [0.29, 0.717) is 84.4 Å². The van der Waals surface area contributed by atoms with Gasteiger partial charge >= 0.3 is 0 Å². The van der Waals surface area contributed by atoms with E-state index in [9.17, 15) is 0 Å². The van der Waals surface area contributed by atoms with Gasteiger partial charge in [0.25, 0.3) is 8.32 Å². The maximum Gasteiger partial charge on any atom is 0.261 e. The standard InChI is InChI=1S/C96H132O16Si3/c1-17-114(18-2,19-3)111-90-89-82(106-87-57-75(99-61-66-36-26-21-27-37-66)83(109-96(87,90)14)63-98-60-65-34-24-20-25-35-65)56-81-88(107-89)64(4)46-48-94(12)85(105-81)59-84-95(13,112-94)49-47-72(97)73(104-84)53-76-74(100-62-67-44-45-68-38-32-33-39-69(68)52-67)54-77-78(102-76)55-80-79(103-77)58-86(110-113(15,16)91(5,6)7)93(11,108-80)50-51-101-115(92(8,9)10,70-40-28-22-29-41-70)71-42-30-23-31-43-71/h20-45,47,49,52,64,73-90H,17-19,46,48,50-51,53-63H2,1-16H3/t64-,73-,74+,75+,76-,77-,78+,79+,80-,81-,82+,83-,84-,85+,86-,87-,88+,89+,90+,93+,94-,95+,96-/m0/s1. The molecule has 15 rings (SSSR count). The van der Waals surface area contributed by atoms with Crippen LogP contribution >= 0.6 is 0 Å². The Balaban J connectivity index is 0.684. The molecule has 0 N–H and O–H groups in total. The normalized spacial score (nSPS) is 35.8. The summed E-state index contributed by atoms with van der Waals surface area (Å²) in [5, 5.41) is 4.54. The van der Waals surface area contributed by atoms with Gasteiger partial charge < -0.3 is 70.1 Å². The van der Waals surface area contributed by atoms with Crippen LogP contribution in [0.1, 0.15) is 178 Å². The van der Waals surface area contributed by atoms with Gasteiger partial charge in [-0.1, -0.05) is 227 Å². The molecular weight excluding hydrogens is 1490 g/mol. The van der Waals surface area contributed by atoms with Crippen LogP contribution in [-0.2, 0) is 94.7 Å². The first-order valence-electron chi connectivity index (χ1n) is 43.6. The molecule has 0 amide bonds. The van der Waals surface area contributed by atoms with E-state index < -0.39 is 102 Å². The number of ether oxygens (including phenoxy) is 12. The second-order valence-electron chi connectivity index (χ2n) is 38.5. The van der Waals surface area contributed by atoms with Gasteiger partial charge in [0.15, 0.2) is 22.4 Å². The number of rotatable bonds is 25. The third-order valence-electron chi connectivity index (χ3n) is 28.8. The zero-order valence-corrected chi connectivity index (χ0v) is 74.5. The molecule has 0 aromatic heterocycles. The minimum absolute atomic E-state index is 0.0536. The van der Waals surface area contributed by atoms with Crippen molar-refractivity contribution >= 4 is 51.9 Å². The van der Waals surface area contributed by atoms with Crippen LogP contribution in [0.15, 0.2) is 176 Å². The summed E-state index contributed by atoms with van der Waals surface area (Å²) < 4.78 is 112. The first-order valence-corrected chi connectivity index (χ1v) is 51.0. The third-order valence-corrected chi connectivity index (χ3v) is 42.9. The van der Waals surface area contributed by atoms with Crippen molar-refractivity contribution in [2.75, 3.05) is 13.2 Å². The minimum atomic E-state index is -2.90. The third kappa shape index (κ3) is 17.7. The van der Waals surface area contributed by atoms with E-state index in [-0.39, 0.29) is 83.1 Å². The van der Waals surface area contributed by atoms with Crippen molar-refractivity contribution in [1.29, 1.82) is 0 Å². The van der Waals surface area contributed by atoms with Gasteiger partial charge in [-0.25, -0.2) is 0 Å². The van der Waals surface area contributed by atoms with Crippen molar-refractivity contribution in [3.05, 3.63) is 193 Å². The Morgan fingerprint density at radius 1 is 0.522 bits per heavy atom. The van der Waals surface area contributed by atoms with Gasteiger partial charge in [0.05, 0.1) is 123 Å². The lowest BCUT2D eigenvalue weighted by molar-refractivity contribution is -0.363. The van der Waals surface area contributed by atoms with Crippen LogP contribution in [0.3, 0.4) is 0 Å². The summed E-state index contributed by atoms with van der Waals surface area (Å²) in [4.78, 5) is 15.2. The van der Waals surface area contributed by atoms with Gasteiger partial charge in [-0.3, -0.25) is 4.79 Å². The predicted octanol–water partition coefficient (Wildman–Crippen LogP) is 18.0. The second-order valence-corrected chi connectivity index (χ2v) is 52.3. The summed E-state index contributed by atoms with van der Waals surface area (Å²) >= 11 is 0. The highest BCUT2D eigenvalue weighted by Gasteiger charge is 2.66. The molecule has 8 fully saturated rings. The minimum Gasteiger partial charge on any atom is -0.411 e. The molecule has 0 radical (unpaired) electrons. The first kappa shape index (κ1) is 85.0. The Morgan fingerprint density at radius 2 is 1.10 bits per heavy atom. The molecule has 0 unspecified atom stereocenters. The maximum atomic E-state index is 15.2. The average Bonchev–Trinajstić information content (AvgIpc) is 1.09. The molecule has 6 aromatic carbocycles. The van der Waals surface area contributed by atoms with E-state index in [1.54, 1.807) is 6.08 Å². The van der Waals surface area contributed by atoms with Gasteiger partial charge in [-0.15, -0.1) is 0 Å². The molecule has 0 spiro atoms. The highest BCUT2D eigenvalue weighted by Crippen LogP contribution is 2.54. The van der Waals surface area contributed by atoms with Crippen LogP contribution in [-0.4, -0.2) is 176 Å². The van der Waals surface area contributed by atoms with Crippen molar-refractivity contribution in [3.63, 3.8) is 0 Å².